The van der Waals surface area contributed by atoms with Crippen LogP contribution in [-0.2, 0) is 0 Å². The van der Waals surface area contributed by atoms with Gasteiger partial charge in [0.15, 0.2) is 0 Å². The maximum atomic E-state index is 13.4. The largest absolute Gasteiger partial charge is 0.497 e. The van der Waals surface area contributed by atoms with Crippen molar-refractivity contribution in [2.24, 2.45) is 0 Å². The smallest absolute Gasteiger partial charge is 0.326 e. The molecule has 8 heteroatoms. The predicted molar refractivity (Wildman–Crippen MR) is 141 cm³/mol. The molecule has 0 saturated heterocycles. The van der Waals surface area contributed by atoms with Crippen LogP contribution in [-0.4, -0.2) is 29.9 Å². The second-order valence-electron chi connectivity index (χ2n) is 8.71. The third kappa shape index (κ3) is 4.78. The molecule has 2 amide bonds. The van der Waals surface area contributed by atoms with Crippen LogP contribution in [0, 0.1) is 6.92 Å². The number of carbonyl (C=O) groups is 1. The number of rotatable bonds is 7. The number of nitrogens with zero attached hydrogens (tertiary/aromatic N) is 3. The lowest BCUT2D eigenvalue weighted by Crippen LogP contribution is -2.46. The minimum atomic E-state index is -0.497. The van der Waals surface area contributed by atoms with E-state index in [2.05, 4.69) is 10.5 Å². The summed E-state index contributed by atoms with van der Waals surface area (Å²) in [6.07, 6.45) is 0. The Balaban J connectivity index is 1.60. The van der Waals surface area contributed by atoms with Crippen LogP contribution >= 0.6 is 0 Å². The molecule has 0 aliphatic carbocycles. The molecule has 188 valence electrons. The molecule has 2 heterocycles. The van der Waals surface area contributed by atoms with Crippen molar-refractivity contribution in [2.45, 2.75) is 26.8 Å². The van der Waals surface area contributed by atoms with Crippen molar-refractivity contribution >= 4 is 17.3 Å². The van der Waals surface area contributed by atoms with Gasteiger partial charge in [0.1, 0.15) is 11.5 Å². The zero-order valence-electron chi connectivity index (χ0n) is 21.2. The number of ether oxygens (including phenoxy) is 2. The van der Waals surface area contributed by atoms with E-state index in [4.69, 9.17) is 19.0 Å². The molecular formula is C29H28N4O4. The van der Waals surface area contributed by atoms with E-state index in [0.717, 1.165) is 28.2 Å². The Morgan fingerprint density at radius 3 is 2.27 bits per heavy atom. The number of anilines is 1. The van der Waals surface area contributed by atoms with E-state index < -0.39 is 6.04 Å². The Hall–Kier alpha value is -4.59. The number of amides is 2. The molecule has 1 aromatic heterocycles. The predicted octanol–water partition coefficient (Wildman–Crippen LogP) is 6.15. The van der Waals surface area contributed by atoms with Crippen LogP contribution in [0.1, 0.15) is 36.9 Å². The Morgan fingerprint density at radius 2 is 1.62 bits per heavy atom. The molecule has 1 unspecified atom stereocenters. The van der Waals surface area contributed by atoms with Crippen LogP contribution in [0.15, 0.2) is 83.0 Å². The summed E-state index contributed by atoms with van der Waals surface area (Å²) in [6, 6.07) is 22.1. The number of carbonyl (C=O) groups excluding carboxylic acids is 1. The maximum Gasteiger partial charge on any atom is 0.326 e. The van der Waals surface area contributed by atoms with Gasteiger partial charge in [0, 0.05) is 11.3 Å². The van der Waals surface area contributed by atoms with Gasteiger partial charge in [-0.25, -0.2) is 4.79 Å². The average molecular weight is 497 g/mol. The van der Waals surface area contributed by atoms with Gasteiger partial charge < -0.3 is 19.3 Å². The number of hydrogen-bond donors (Lipinski definition) is 1. The van der Waals surface area contributed by atoms with E-state index >= 15 is 0 Å². The number of benzene rings is 3. The van der Waals surface area contributed by atoms with Crippen molar-refractivity contribution in [2.75, 3.05) is 18.6 Å². The first-order valence-electron chi connectivity index (χ1n) is 12.1. The average Bonchev–Trinajstić information content (AvgIpc) is 3.39. The second kappa shape index (κ2) is 10.2. The normalized spacial score (nSPS) is 15.5. The van der Waals surface area contributed by atoms with Crippen molar-refractivity contribution in [1.29, 1.82) is 0 Å². The van der Waals surface area contributed by atoms with Gasteiger partial charge in [0.25, 0.3) is 5.89 Å². The highest BCUT2D eigenvalue weighted by Crippen LogP contribution is 2.39. The summed E-state index contributed by atoms with van der Waals surface area (Å²) in [5, 5.41) is 7.37. The first kappa shape index (κ1) is 24.1. The summed E-state index contributed by atoms with van der Waals surface area (Å²) >= 11 is 0. The molecule has 37 heavy (non-hydrogen) atoms. The Morgan fingerprint density at radius 1 is 0.946 bits per heavy atom. The minimum Gasteiger partial charge on any atom is -0.497 e. The summed E-state index contributed by atoms with van der Waals surface area (Å²) in [6.45, 7) is 6.41. The van der Waals surface area contributed by atoms with Crippen LogP contribution in [0.3, 0.4) is 0 Å². The second-order valence-corrected chi connectivity index (χ2v) is 8.71. The molecule has 1 aliphatic rings. The van der Waals surface area contributed by atoms with E-state index in [-0.39, 0.29) is 6.03 Å². The number of aromatic nitrogens is 2. The minimum absolute atomic E-state index is 0.260. The molecule has 1 aliphatic heterocycles. The van der Waals surface area contributed by atoms with Gasteiger partial charge in [0.05, 0.1) is 31.0 Å². The number of methoxy groups -OCH3 is 1. The third-order valence-electron chi connectivity index (χ3n) is 6.31. The molecule has 1 atom stereocenters. The van der Waals surface area contributed by atoms with E-state index in [1.54, 1.807) is 12.0 Å². The monoisotopic (exact) mass is 496 g/mol. The summed E-state index contributed by atoms with van der Waals surface area (Å²) in [4.78, 5) is 19.8. The molecule has 3 aromatic carbocycles. The lowest BCUT2D eigenvalue weighted by atomic mass is 9.94. The number of urea groups is 1. The molecular weight excluding hydrogens is 468 g/mol. The molecule has 0 saturated carbocycles. The molecule has 0 radical (unpaired) electrons. The lowest BCUT2D eigenvalue weighted by molar-refractivity contribution is 0.244. The van der Waals surface area contributed by atoms with Crippen molar-refractivity contribution in [3.05, 3.63) is 95.5 Å². The van der Waals surface area contributed by atoms with E-state index in [0.29, 0.717) is 35.3 Å². The summed E-state index contributed by atoms with van der Waals surface area (Å²) in [5.74, 6) is 2.28. The fraction of sp³-hybridized carbons (Fsp3) is 0.207. The molecule has 1 N–H and O–H groups in total. The van der Waals surface area contributed by atoms with Gasteiger partial charge in [0.2, 0.25) is 5.82 Å². The number of hydrogen-bond acceptors (Lipinski definition) is 6. The van der Waals surface area contributed by atoms with Gasteiger partial charge in [-0.2, -0.15) is 4.98 Å². The van der Waals surface area contributed by atoms with Crippen LogP contribution in [0.2, 0.25) is 0 Å². The third-order valence-corrected chi connectivity index (χ3v) is 6.31. The molecule has 4 aromatic rings. The number of aryl methyl sites for hydroxylation is 1. The summed E-state index contributed by atoms with van der Waals surface area (Å²) < 4.78 is 16.7. The highest BCUT2D eigenvalue weighted by atomic mass is 16.5. The first-order valence-corrected chi connectivity index (χ1v) is 12.1. The van der Waals surface area contributed by atoms with Crippen LogP contribution in [0.4, 0.5) is 10.5 Å². The van der Waals surface area contributed by atoms with Crippen LogP contribution < -0.4 is 19.7 Å². The highest BCUT2D eigenvalue weighted by Gasteiger charge is 2.36. The van der Waals surface area contributed by atoms with Gasteiger partial charge >= 0.3 is 6.03 Å². The molecule has 0 fully saturated rings. The van der Waals surface area contributed by atoms with Gasteiger partial charge in [-0.1, -0.05) is 47.1 Å². The Labute approximate surface area is 215 Å². The summed E-state index contributed by atoms with van der Waals surface area (Å²) in [5.41, 5.74) is 4.96. The van der Waals surface area contributed by atoms with E-state index in [1.165, 1.54) is 0 Å². The van der Waals surface area contributed by atoms with E-state index in [1.807, 2.05) is 93.6 Å². The quantitative estimate of drug-likeness (QED) is 0.330. The van der Waals surface area contributed by atoms with Gasteiger partial charge in [-0.3, -0.25) is 4.90 Å². The fourth-order valence-corrected chi connectivity index (χ4v) is 4.39. The highest BCUT2D eigenvalue weighted by molar-refractivity contribution is 6.01. The Kier molecular flexibility index (Phi) is 6.64. The topological polar surface area (TPSA) is 89.7 Å². The maximum absolute atomic E-state index is 13.4. The fourth-order valence-electron chi connectivity index (χ4n) is 4.39. The molecule has 0 bridgehead atoms. The zero-order chi connectivity index (χ0) is 25.9. The van der Waals surface area contributed by atoms with Crippen molar-refractivity contribution in [1.82, 2.24) is 15.5 Å². The molecule has 0 spiro atoms. The van der Waals surface area contributed by atoms with Crippen LogP contribution in [0.5, 0.6) is 11.5 Å². The van der Waals surface area contributed by atoms with E-state index in [9.17, 15) is 4.79 Å². The molecule has 5 rings (SSSR count). The SMILES string of the molecule is CCOc1ccc(N2C(=O)NC(c3ccc(OC)cc3)C(c3nc(-c4ccc(C)cc4)no3)=C2C)cc1. The van der Waals surface area contributed by atoms with Crippen LogP contribution in [0.25, 0.3) is 17.0 Å². The number of allylic oxidation sites excluding steroid dienone is 1. The first-order chi connectivity index (χ1) is 18.0. The molecule has 8 nitrogen and oxygen atoms in total. The van der Waals surface area contributed by atoms with Gasteiger partial charge in [-0.15, -0.1) is 0 Å². The summed E-state index contributed by atoms with van der Waals surface area (Å²) in [7, 11) is 1.62. The van der Waals surface area contributed by atoms with Crippen molar-refractivity contribution in [3.63, 3.8) is 0 Å². The van der Waals surface area contributed by atoms with Crippen molar-refractivity contribution in [3.8, 4) is 22.9 Å². The standard InChI is InChI=1S/C29H28N4O4/c1-5-36-24-16-12-22(13-17-24)33-19(3)25(26(30-29(33)34)20-10-14-23(35-4)15-11-20)28-31-27(32-37-28)21-8-6-18(2)7-9-21/h6-17,26H,5H2,1-4H3,(H,30,34). The number of nitrogens with one attached hydrogen (secondary N) is 1. The lowest BCUT2D eigenvalue weighted by Gasteiger charge is -2.35. The van der Waals surface area contributed by atoms with Crippen molar-refractivity contribution < 1.29 is 18.8 Å². The Bertz CT molecular complexity index is 1420. The zero-order valence-corrected chi connectivity index (χ0v) is 21.2. The van der Waals surface area contributed by atoms with Gasteiger partial charge in [-0.05, 0) is 62.7 Å².